The second kappa shape index (κ2) is 8.66. The third-order valence-corrected chi connectivity index (χ3v) is 6.16. The van der Waals surface area contributed by atoms with Crippen LogP contribution >= 0.6 is 23.2 Å². The van der Waals surface area contributed by atoms with Crippen LogP contribution < -0.4 is 5.32 Å². The molecule has 144 valence electrons. The lowest BCUT2D eigenvalue weighted by atomic mass is 10.3. The minimum absolute atomic E-state index is 0.00747. The third-order valence-electron chi connectivity index (χ3n) is 3.52. The van der Waals surface area contributed by atoms with E-state index < -0.39 is 27.4 Å². The molecule has 8 nitrogen and oxygen atoms in total. The number of nitrogens with one attached hydrogen (secondary N) is 1. The molecule has 0 heterocycles. The molecule has 0 radical (unpaired) electrons. The molecule has 0 aliphatic rings. The first-order valence-corrected chi connectivity index (χ1v) is 9.84. The van der Waals surface area contributed by atoms with Gasteiger partial charge in [-0.25, -0.2) is 8.42 Å². The fourth-order valence-electron chi connectivity index (χ4n) is 2.24. The molecule has 0 spiro atoms. The largest absolute Gasteiger partial charge is 0.325 e. The van der Waals surface area contributed by atoms with Gasteiger partial charge in [0.2, 0.25) is 15.9 Å². The SMILES string of the molecule is CCN(CC(=O)Nc1cccc([N+](=O)[O-])c1)S(=O)(=O)c1cc(Cl)ccc1Cl. The van der Waals surface area contributed by atoms with Crippen LogP contribution in [0.25, 0.3) is 0 Å². The summed E-state index contributed by atoms with van der Waals surface area (Å²) in [6.45, 7) is 1.08. The van der Waals surface area contributed by atoms with Gasteiger partial charge < -0.3 is 5.32 Å². The minimum atomic E-state index is -4.07. The van der Waals surface area contributed by atoms with E-state index in [1.165, 1.54) is 42.5 Å². The highest BCUT2D eigenvalue weighted by Crippen LogP contribution is 2.27. The number of rotatable bonds is 7. The number of nitrogens with zero attached hydrogens (tertiary/aromatic N) is 2. The molecule has 11 heteroatoms. The Kier molecular flexibility index (Phi) is 6.77. The maximum atomic E-state index is 12.8. The highest BCUT2D eigenvalue weighted by molar-refractivity contribution is 7.89. The van der Waals surface area contributed by atoms with Gasteiger partial charge in [0.1, 0.15) is 4.90 Å². The van der Waals surface area contributed by atoms with Gasteiger partial charge in [0.25, 0.3) is 5.69 Å². The van der Waals surface area contributed by atoms with Crippen molar-refractivity contribution in [3.05, 3.63) is 62.6 Å². The summed E-state index contributed by atoms with van der Waals surface area (Å²) in [7, 11) is -4.07. The first kappa shape index (κ1) is 21.1. The van der Waals surface area contributed by atoms with Gasteiger partial charge >= 0.3 is 0 Å². The molecule has 0 aliphatic heterocycles. The van der Waals surface area contributed by atoms with Crippen molar-refractivity contribution in [1.82, 2.24) is 4.31 Å². The lowest BCUT2D eigenvalue weighted by molar-refractivity contribution is -0.384. The molecule has 0 aliphatic carbocycles. The quantitative estimate of drug-likeness (QED) is 0.532. The number of hydrogen-bond acceptors (Lipinski definition) is 5. The molecule has 2 aromatic rings. The standard InChI is InChI=1S/C16H15Cl2N3O5S/c1-2-20(27(25,26)15-8-11(17)6-7-14(15)18)10-16(22)19-12-4-3-5-13(9-12)21(23)24/h3-9H,2,10H2,1H3,(H,19,22). The van der Waals surface area contributed by atoms with Crippen molar-refractivity contribution in [2.45, 2.75) is 11.8 Å². The Bertz CT molecular complexity index is 982. The molecular formula is C16H15Cl2N3O5S. The van der Waals surface area contributed by atoms with Crippen molar-refractivity contribution in [2.75, 3.05) is 18.4 Å². The van der Waals surface area contributed by atoms with Crippen LogP contribution in [-0.2, 0) is 14.8 Å². The molecule has 0 unspecified atom stereocenters. The predicted octanol–water partition coefficient (Wildman–Crippen LogP) is 3.55. The number of hydrogen-bond donors (Lipinski definition) is 1. The molecule has 0 bridgehead atoms. The van der Waals surface area contributed by atoms with Gasteiger partial charge in [-0.3, -0.25) is 14.9 Å². The molecule has 1 N–H and O–H groups in total. The average Bonchev–Trinajstić information content (AvgIpc) is 2.61. The van der Waals surface area contributed by atoms with E-state index in [0.29, 0.717) is 0 Å². The second-order valence-electron chi connectivity index (χ2n) is 5.36. The highest BCUT2D eigenvalue weighted by atomic mass is 35.5. The zero-order valence-electron chi connectivity index (χ0n) is 14.1. The molecule has 1 amide bonds. The predicted molar refractivity (Wildman–Crippen MR) is 103 cm³/mol. The first-order valence-electron chi connectivity index (χ1n) is 7.64. The molecule has 2 rings (SSSR count). The maximum absolute atomic E-state index is 12.8. The summed E-state index contributed by atoms with van der Waals surface area (Å²) in [5, 5.41) is 13.4. The van der Waals surface area contributed by atoms with E-state index in [4.69, 9.17) is 23.2 Å². The second-order valence-corrected chi connectivity index (χ2v) is 8.11. The number of nitro groups is 1. The highest BCUT2D eigenvalue weighted by Gasteiger charge is 2.27. The van der Waals surface area contributed by atoms with E-state index in [9.17, 15) is 23.3 Å². The first-order chi connectivity index (χ1) is 12.6. The van der Waals surface area contributed by atoms with Gasteiger partial charge in [0, 0.05) is 29.4 Å². The third kappa shape index (κ3) is 5.16. The Morgan fingerprint density at radius 1 is 1.22 bits per heavy atom. The summed E-state index contributed by atoms with van der Waals surface area (Å²) in [6, 6.07) is 9.34. The van der Waals surface area contributed by atoms with Crippen molar-refractivity contribution >= 4 is 50.5 Å². The van der Waals surface area contributed by atoms with Gasteiger partial charge in [0.15, 0.2) is 0 Å². The van der Waals surface area contributed by atoms with E-state index >= 15 is 0 Å². The lowest BCUT2D eigenvalue weighted by Crippen LogP contribution is -2.38. The smallest absolute Gasteiger partial charge is 0.271 e. The average molecular weight is 432 g/mol. The Morgan fingerprint density at radius 3 is 2.56 bits per heavy atom. The van der Waals surface area contributed by atoms with Crippen molar-refractivity contribution in [3.8, 4) is 0 Å². The van der Waals surface area contributed by atoms with Crippen LogP contribution in [0.3, 0.4) is 0 Å². The van der Waals surface area contributed by atoms with Crippen LogP contribution in [0.4, 0.5) is 11.4 Å². The number of nitro benzene ring substituents is 1. The van der Waals surface area contributed by atoms with Crippen LogP contribution in [0.15, 0.2) is 47.4 Å². The number of halogens is 2. The van der Waals surface area contributed by atoms with Gasteiger partial charge in [-0.1, -0.05) is 36.2 Å². The van der Waals surface area contributed by atoms with E-state index in [2.05, 4.69) is 5.32 Å². The topological polar surface area (TPSA) is 110 Å². The van der Waals surface area contributed by atoms with Crippen molar-refractivity contribution in [3.63, 3.8) is 0 Å². The number of benzene rings is 2. The summed E-state index contributed by atoms with van der Waals surface area (Å²) in [5.74, 6) is -0.654. The van der Waals surface area contributed by atoms with Crippen molar-refractivity contribution in [1.29, 1.82) is 0 Å². The molecule has 0 saturated carbocycles. The van der Waals surface area contributed by atoms with E-state index in [-0.39, 0.29) is 32.9 Å². The Balaban J connectivity index is 2.20. The number of sulfonamides is 1. The summed E-state index contributed by atoms with van der Waals surface area (Å²) < 4.78 is 26.5. The van der Waals surface area contributed by atoms with Crippen LogP contribution in [0, 0.1) is 10.1 Å². The fourth-order valence-corrected chi connectivity index (χ4v) is 4.38. The Hall–Kier alpha value is -2.20. The normalized spacial score (nSPS) is 11.4. The lowest BCUT2D eigenvalue weighted by Gasteiger charge is -2.20. The molecular weight excluding hydrogens is 417 g/mol. The van der Waals surface area contributed by atoms with Gasteiger partial charge in [-0.2, -0.15) is 4.31 Å². The summed E-state index contributed by atoms with van der Waals surface area (Å²) in [6.07, 6.45) is 0. The number of carbonyl (C=O) groups is 1. The zero-order valence-corrected chi connectivity index (χ0v) is 16.4. The fraction of sp³-hybridized carbons (Fsp3) is 0.188. The number of amides is 1. The van der Waals surface area contributed by atoms with Crippen molar-refractivity contribution < 1.29 is 18.1 Å². The molecule has 0 atom stereocenters. The molecule has 2 aromatic carbocycles. The van der Waals surface area contributed by atoms with Gasteiger partial charge in [-0.05, 0) is 24.3 Å². The molecule has 0 fully saturated rings. The van der Waals surface area contributed by atoms with Gasteiger partial charge in [0.05, 0.1) is 16.5 Å². The van der Waals surface area contributed by atoms with Crippen LogP contribution in [0.2, 0.25) is 10.0 Å². The van der Waals surface area contributed by atoms with E-state index in [0.717, 1.165) is 4.31 Å². The van der Waals surface area contributed by atoms with Crippen LogP contribution in [-0.4, -0.2) is 36.6 Å². The maximum Gasteiger partial charge on any atom is 0.271 e. The van der Waals surface area contributed by atoms with Gasteiger partial charge in [-0.15, -0.1) is 0 Å². The zero-order chi connectivity index (χ0) is 20.2. The van der Waals surface area contributed by atoms with Crippen molar-refractivity contribution in [2.24, 2.45) is 0 Å². The Labute approximate surface area is 165 Å². The molecule has 0 saturated heterocycles. The number of carbonyl (C=O) groups excluding carboxylic acids is 1. The van der Waals surface area contributed by atoms with E-state index in [1.807, 2.05) is 0 Å². The minimum Gasteiger partial charge on any atom is -0.325 e. The van der Waals surface area contributed by atoms with E-state index in [1.54, 1.807) is 6.92 Å². The van der Waals surface area contributed by atoms with Crippen LogP contribution in [0.1, 0.15) is 6.92 Å². The monoisotopic (exact) mass is 431 g/mol. The number of likely N-dealkylation sites (N-methyl/N-ethyl adjacent to an activating group) is 1. The molecule has 27 heavy (non-hydrogen) atoms. The van der Waals surface area contributed by atoms with Crippen LogP contribution in [0.5, 0.6) is 0 Å². The Morgan fingerprint density at radius 2 is 1.93 bits per heavy atom. The number of non-ortho nitro benzene ring substituents is 1. The summed E-state index contributed by atoms with van der Waals surface area (Å²) in [4.78, 5) is 22.2. The summed E-state index contributed by atoms with van der Waals surface area (Å²) in [5.41, 5.74) is -0.0121. The number of anilines is 1. The summed E-state index contributed by atoms with van der Waals surface area (Å²) >= 11 is 11.8. The molecule has 0 aromatic heterocycles.